The number of likely N-dealkylation sites (tertiary alicyclic amines) is 1. The first-order chi connectivity index (χ1) is 15.5. The van der Waals surface area contributed by atoms with Crippen LogP contribution < -0.4 is 5.32 Å². The second-order valence-electron chi connectivity index (χ2n) is 9.57. The van der Waals surface area contributed by atoms with E-state index in [2.05, 4.69) is 10.4 Å². The monoisotopic (exact) mass is 443 g/mol. The minimum absolute atomic E-state index is 0.0152. The lowest BCUT2D eigenvalue weighted by atomic mass is 10.0. The number of fused-ring (bicyclic) bond motifs is 1. The minimum Gasteiger partial charge on any atom is -0.353 e. The maximum atomic E-state index is 13.1. The van der Waals surface area contributed by atoms with Crippen LogP contribution in [0.2, 0.25) is 0 Å². The Balaban J connectivity index is 1.33. The Labute approximate surface area is 190 Å². The Bertz CT molecular complexity index is 835. The Hall–Kier alpha value is -2.38. The van der Waals surface area contributed by atoms with E-state index in [9.17, 15) is 14.4 Å². The molecule has 0 radical (unpaired) electrons. The second-order valence-corrected chi connectivity index (χ2v) is 9.57. The number of aromatic nitrogens is 2. The molecule has 1 aliphatic carbocycles. The summed E-state index contributed by atoms with van der Waals surface area (Å²) in [4.78, 5) is 42.0. The predicted molar refractivity (Wildman–Crippen MR) is 121 cm³/mol. The lowest BCUT2D eigenvalue weighted by molar-refractivity contribution is -0.134. The molecule has 0 atom stereocenters. The van der Waals surface area contributed by atoms with Crippen molar-refractivity contribution in [3.63, 3.8) is 0 Å². The molecular weight excluding hydrogens is 406 g/mol. The highest BCUT2D eigenvalue weighted by atomic mass is 16.2. The molecule has 1 N–H and O–H groups in total. The zero-order valence-corrected chi connectivity index (χ0v) is 19.4. The van der Waals surface area contributed by atoms with E-state index < -0.39 is 0 Å². The number of nitrogens with one attached hydrogen (secondary N) is 1. The number of nitrogens with zero attached hydrogens (tertiary/aromatic N) is 4. The van der Waals surface area contributed by atoms with Crippen molar-refractivity contribution in [2.24, 2.45) is 7.05 Å². The van der Waals surface area contributed by atoms with Gasteiger partial charge in [0, 0.05) is 69.8 Å². The summed E-state index contributed by atoms with van der Waals surface area (Å²) in [7, 11) is 1.88. The molecule has 8 heteroatoms. The van der Waals surface area contributed by atoms with Crippen LogP contribution in [0.3, 0.4) is 0 Å². The molecule has 2 aliphatic heterocycles. The van der Waals surface area contributed by atoms with E-state index in [0.717, 1.165) is 50.0 Å². The summed E-state index contributed by atoms with van der Waals surface area (Å²) in [6, 6.07) is 0.261. The third-order valence-electron chi connectivity index (χ3n) is 7.23. The predicted octanol–water partition coefficient (Wildman–Crippen LogP) is 2.55. The number of hydrogen-bond acceptors (Lipinski definition) is 4. The third kappa shape index (κ3) is 5.33. The molecule has 1 saturated heterocycles. The number of hydrogen-bond donors (Lipinski definition) is 1. The van der Waals surface area contributed by atoms with Crippen molar-refractivity contribution in [1.29, 1.82) is 0 Å². The highest BCUT2D eigenvalue weighted by Crippen LogP contribution is 2.25. The quantitative estimate of drug-likeness (QED) is 0.709. The van der Waals surface area contributed by atoms with Gasteiger partial charge in [-0.05, 0) is 32.1 Å². The van der Waals surface area contributed by atoms with Crippen molar-refractivity contribution in [3.05, 3.63) is 17.0 Å². The van der Waals surface area contributed by atoms with Crippen molar-refractivity contribution < 1.29 is 14.4 Å². The highest BCUT2D eigenvalue weighted by molar-refractivity contribution is 5.94. The van der Waals surface area contributed by atoms with Gasteiger partial charge in [0.25, 0.3) is 5.91 Å². The summed E-state index contributed by atoms with van der Waals surface area (Å²) < 4.78 is 1.80. The van der Waals surface area contributed by atoms with E-state index >= 15 is 0 Å². The smallest absolute Gasteiger partial charge is 0.274 e. The van der Waals surface area contributed by atoms with Crippen LogP contribution in [-0.2, 0) is 29.6 Å². The fourth-order valence-corrected chi connectivity index (χ4v) is 5.33. The molecule has 2 fully saturated rings. The van der Waals surface area contributed by atoms with Crippen molar-refractivity contribution >= 4 is 17.7 Å². The van der Waals surface area contributed by atoms with Crippen molar-refractivity contribution in [3.8, 4) is 0 Å². The molecule has 0 bridgehead atoms. The first-order valence-electron chi connectivity index (χ1n) is 12.4. The molecule has 3 heterocycles. The molecule has 1 aromatic heterocycles. The molecule has 0 unspecified atom stereocenters. The average molecular weight is 444 g/mol. The maximum Gasteiger partial charge on any atom is 0.274 e. The standard InChI is InChI=1S/C24H37N5O3/c1-27-20-13-16-29(17-19(20)23(26-27)24(32)28-14-7-4-8-15-28)22(31)12-11-21(30)25-18-9-5-2-3-6-10-18/h18H,2-17H2,1H3,(H,25,30). The van der Waals surface area contributed by atoms with Crippen LogP contribution >= 0.6 is 0 Å². The second kappa shape index (κ2) is 10.5. The third-order valence-corrected chi connectivity index (χ3v) is 7.23. The normalized spacial score (nSPS) is 19.9. The van der Waals surface area contributed by atoms with Crippen molar-refractivity contribution in [2.75, 3.05) is 19.6 Å². The van der Waals surface area contributed by atoms with E-state index in [4.69, 9.17) is 0 Å². The lowest BCUT2D eigenvalue weighted by Crippen LogP contribution is -2.39. The summed E-state index contributed by atoms with van der Waals surface area (Å²) in [6.07, 6.45) is 11.3. The van der Waals surface area contributed by atoms with Crippen LogP contribution in [0.1, 0.15) is 92.4 Å². The van der Waals surface area contributed by atoms with E-state index in [-0.39, 0.29) is 36.6 Å². The van der Waals surface area contributed by atoms with Gasteiger partial charge in [-0.15, -0.1) is 0 Å². The van der Waals surface area contributed by atoms with Gasteiger partial charge in [0.2, 0.25) is 11.8 Å². The molecule has 3 amide bonds. The molecule has 0 spiro atoms. The van der Waals surface area contributed by atoms with Gasteiger partial charge in [-0.1, -0.05) is 25.7 Å². The van der Waals surface area contributed by atoms with Gasteiger partial charge in [-0.25, -0.2) is 0 Å². The molecule has 1 aromatic rings. The summed E-state index contributed by atoms with van der Waals surface area (Å²) in [5.41, 5.74) is 2.42. The first kappa shape index (κ1) is 22.8. The zero-order chi connectivity index (χ0) is 22.5. The van der Waals surface area contributed by atoms with E-state index in [0.29, 0.717) is 25.2 Å². The van der Waals surface area contributed by atoms with Crippen LogP contribution in [0.4, 0.5) is 0 Å². The first-order valence-corrected chi connectivity index (χ1v) is 12.4. The van der Waals surface area contributed by atoms with E-state index in [1.165, 1.54) is 32.1 Å². The zero-order valence-electron chi connectivity index (χ0n) is 19.4. The van der Waals surface area contributed by atoms with E-state index in [1.807, 2.05) is 11.9 Å². The number of carbonyl (C=O) groups is 3. The molecule has 176 valence electrons. The van der Waals surface area contributed by atoms with Gasteiger partial charge in [0.15, 0.2) is 5.69 Å². The molecule has 32 heavy (non-hydrogen) atoms. The van der Waals surface area contributed by atoms with Crippen molar-refractivity contribution in [2.45, 2.75) is 89.6 Å². The Kier molecular flexibility index (Phi) is 7.48. The topological polar surface area (TPSA) is 87.5 Å². The fraction of sp³-hybridized carbons (Fsp3) is 0.750. The van der Waals surface area contributed by atoms with Crippen LogP contribution in [-0.4, -0.2) is 63.0 Å². The summed E-state index contributed by atoms with van der Waals surface area (Å²) in [5, 5.41) is 7.65. The van der Waals surface area contributed by atoms with Gasteiger partial charge < -0.3 is 15.1 Å². The lowest BCUT2D eigenvalue weighted by Gasteiger charge is -2.29. The Morgan fingerprint density at radius 1 is 0.906 bits per heavy atom. The molecule has 1 saturated carbocycles. The largest absolute Gasteiger partial charge is 0.353 e. The average Bonchev–Trinajstić information content (AvgIpc) is 2.96. The van der Waals surface area contributed by atoms with Gasteiger partial charge >= 0.3 is 0 Å². The number of carbonyl (C=O) groups excluding carboxylic acids is 3. The van der Waals surface area contributed by atoms with Gasteiger partial charge in [0.05, 0.1) is 0 Å². The maximum absolute atomic E-state index is 13.1. The number of rotatable bonds is 5. The van der Waals surface area contributed by atoms with Gasteiger partial charge in [0.1, 0.15) is 0 Å². The molecule has 8 nitrogen and oxygen atoms in total. The number of aryl methyl sites for hydroxylation is 1. The summed E-state index contributed by atoms with van der Waals surface area (Å²) in [6.45, 7) is 2.57. The number of amides is 3. The van der Waals surface area contributed by atoms with E-state index in [1.54, 1.807) is 9.58 Å². The molecule has 4 rings (SSSR count). The molecular formula is C24H37N5O3. The minimum atomic E-state index is -0.0229. The highest BCUT2D eigenvalue weighted by Gasteiger charge is 2.31. The number of piperidine rings is 1. The summed E-state index contributed by atoms with van der Waals surface area (Å²) in [5.74, 6) is -0.0594. The van der Waals surface area contributed by atoms with Crippen LogP contribution in [0.25, 0.3) is 0 Å². The van der Waals surface area contributed by atoms with Gasteiger partial charge in [-0.2, -0.15) is 5.10 Å². The van der Waals surface area contributed by atoms with Crippen LogP contribution in [0.5, 0.6) is 0 Å². The van der Waals surface area contributed by atoms with Crippen LogP contribution in [0, 0.1) is 0 Å². The molecule has 3 aliphatic rings. The van der Waals surface area contributed by atoms with Gasteiger partial charge in [-0.3, -0.25) is 19.1 Å². The van der Waals surface area contributed by atoms with Crippen LogP contribution in [0.15, 0.2) is 0 Å². The summed E-state index contributed by atoms with van der Waals surface area (Å²) >= 11 is 0. The Morgan fingerprint density at radius 2 is 1.59 bits per heavy atom. The molecule has 0 aromatic carbocycles. The van der Waals surface area contributed by atoms with Crippen molar-refractivity contribution in [1.82, 2.24) is 24.9 Å². The SMILES string of the molecule is Cn1nc(C(=O)N2CCCCC2)c2c1CCN(C(=O)CCC(=O)NC1CCCCCC1)C2. The Morgan fingerprint density at radius 3 is 2.31 bits per heavy atom. The fourth-order valence-electron chi connectivity index (χ4n) is 5.33.